The number of esters is 1. The number of hydrogen-bond acceptors (Lipinski definition) is 2. The topological polar surface area (TPSA) is 26.3 Å². The van der Waals surface area contributed by atoms with Crippen LogP contribution >= 0.6 is 0 Å². The monoisotopic (exact) mass is 124 g/mol. The fourth-order valence-electron chi connectivity index (χ4n) is 0.309. The second-order valence-electron chi connectivity index (χ2n) is 1.91. The largest absolute Gasteiger partial charge is 1.00 e. The van der Waals surface area contributed by atoms with Crippen molar-refractivity contribution in [2.75, 3.05) is 6.61 Å². The molecule has 2 nitrogen and oxygen atoms in total. The third-order valence-electron chi connectivity index (χ3n) is 0.758. The van der Waals surface area contributed by atoms with Gasteiger partial charge in [-0.3, -0.25) is 4.79 Å². The molecule has 0 N–H and O–H groups in total. The van der Waals surface area contributed by atoms with Crippen molar-refractivity contribution < 1.29 is 29.8 Å². The van der Waals surface area contributed by atoms with Gasteiger partial charge in [-0.05, 0) is 6.92 Å². The Balaban J connectivity index is -0.000000245. The summed E-state index contributed by atoms with van der Waals surface area (Å²) >= 11 is 0. The molecule has 3 heteroatoms. The molecule has 0 rings (SSSR count). The Labute approximate surface area is 69.6 Å². The minimum absolute atomic E-state index is 0. The Hall–Kier alpha value is 0.0674. The molecule has 0 aliphatic heterocycles. The molecule has 0 spiro atoms. The van der Waals surface area contributed by atoms with Crippen LogP contribution in [0.15, 0.2) is 0 Å². The Morgan fingerprint density at radius 1 is 1.67 bits per heavy atom. The average molecular weight is 124 g/mol. The van der Waals surface area contributed by atoms with Gasteiger partial charge < -0.3 is 6.16 Å². The standard InChI is InChI=1S/C6H12O2.Li.H/c1-4-8-6(7)5(2)3;;/h5H,4H2,1-3H3;;/q;+1;-1. The van der Waals surface area contributed by atoms with Crippen LogP contribution in [0.4, 0.5) is 0 Å². The van der Waals surface area contributed by atoms with Gasteiger partial charge in [-0.25, -0.2) is 0 Å². The van der Waals surface area contributed by atoms with E-state index < -0.39 is 0 Å². The molecule has 0 unspecified atom stereocenters. The molecule has 0 aromatic heterocycles. The van der Waals surface area contributed by atoms with Gasteiger partial charge in [0.15, 0.2) is 0 Å². The molecule has 0 saturated heterocycles. The zero-order valence-corrected chi connectivity index (χ0v) is 6.60. The van der Waals surface area contributed by atoms with Crippen LogP contribution in [0.25, 0.3) is 0 Å². The quantitative estimate of drug-likeness (QED) is 0.325. The summed E-state index contributed by atoms with van der Waals surface area (Å²) in [6.07, 6.45) is 0. The Morgan fingerprint density at radius 3 is 2.22 bits per heavy atom. The van der Waals surface area contributed by atoms with E-state index in [9.17, 15) is 4.79 Å². The van der Waals surface area contributed by atoms with E-state index in [4.69, 9.17) is 0 Å². The van der Waals surface area contributed by atoms with Crippen LogP contribution in [0.1, 0.15) is 22.2 Å². The molecule has 0 saturated carbocycles. The second-order valence-corrected chi connectivity index (χ2v) is 1.91. The van der Waals surface area contributed by atoms with Gasteiger partial charge in [0.2, 0.25) is 0 Å². The van der Waals surface area contributed by atoms with E-state index in [1.54, 1.807) is 6.92 Å². The fraction of sp³-hybridized carbons (Fsp3) is 0.833. The van der Waals surface area contributed by atoms with Crippen LogP contribution in [0, 0.1) is 5.92 Å². The number of hydrogen-bond donors (Lipinski definition) is 0. The van der Waals surface area contributed by atoms with E-state index in [-0.39, 0.29) is 32.2 Å². The van der Waals surface area contributed by atoms with Gasteiger partial charge in [-0.2, -0.15) is 0 Å². The number of rotatable bonds is 2. The van der Waals surface area contributed by atoms with Crippen molar-refractivity contribution >= 4 is 5.97 Å². The first-order chi connectivity index (χ1) is 3.68. The van der Waals surface area contributed by atoms with Crippen molar-refractivity contribution in [3.05, 3.63) is 0 Å². The molecule has 0 heterocycles. The van der Waals surface area contributed by atoms with Crippen molar-refractivity contribution in [1.82, 2.24) is 0 Å². The molecular weight excluding hydrogens is 111 g/mol. The maximum Gasteiger partial charge on any atom is 1.00 e. The summed E-state index contributed by atoms with van der Waals surface area (Å²) in [7, 11) is 0. The normalized spacial score (nSPS) is 8.44. The van der Waals surface area contributed by atoms with Gasteiger partial charge in [0.1, 0.15) is 0 Å². The maximum atomic E-state index is 10.5. The summed E-state index contributed by atoms with van der Waals surface area (Å²) < 4.78 is 4.66. The number of ether oxygens (including phenoxy) is 1. The summed E-state index contributed by atoms with van der Waals surface area (Å²) in [6.45, 7) is 5.92. The SMILES string of the molecule is CCOC(=O)C(C)C.[H-].[Li+]. The van der Waals surface area contributed by atoms with Crippen LogP contribution in [0.5, 0.6) is 0 Å². The van der Waals surface area contributed by atoms with Crippen LogP contribution in [-0.2, 0) is 9.53 Å². The average Bonchev–Trinajstić information content (AvgIpc) is 1.67. The molecule has 50 valence electrons. The third kappa shape index (κ3) is 5.95. The van der Waals surface area contributed by atoms with E-state index in [0.29, 0.717) is 6.61 Å². The molecule has 0 aromatic rings. The first-order valence-electron chi connectivity index (χ1n) is 2.85. The summed E-state index contributed by atoms with van der Waals surface area (Å²) in [5.74, 6) is -0.109. The maximum absolute atomic E-state index is 10.5. The molecule has 0 radical (unpaired) electrons. The Bertz CT molecular complexity index is 85.8. The number of carbonyl (C=O) groups is 1. The minimum atomic E-state index is -0.118. The van der Waals surface area contributed by atoms with Gasteiger partial charge in [-0.1, -0.05) is 13.8 Å². The summed E-state index contributed by atoms with van der Waals surface area (Å²) in [6, 6.07) is 0. The van der Waals surface area contributed by atoms with E-state index >= 15 is 0 Å². The Morgan fingerprint density at radius 2 is 2.11 bits per heavy atom. The van der Waals surface area contributed by atoms with Crippen molar-refractivity contribution in [1.29, 1.82) is 0 Å². The smallest absolute Gasteiger partial charge is 1.00 e. The van der Waals surface area contributed by atoms with Crippen molar-refractivity contribution in [2.45, 2.75) is 20.8 Å². The number of carbonyl (C=O) groups excluding carboxylic acids is 1. The van der Waals surface area contributed by atoms with Gasteiger partial charge in [-0.15, -0.1) is 0 Å². The van der Waals surface area contributed by atoms with Crippen molar-refractivity contribution in [3.8, 4) is 0 Å². The van der Waals surface area contributed by atoms with Gasteiger partial charge in [0.25, 0.3) is 0 Å². The van der Waals surface area contributed by atoms with E-state index in [2.05, 4.69) is 4.74 Å². The molecule has 9 heavy (non-hydrogen) atoms. The first kappa shape index (κ1) is 11.8. The van der Waals surface area contributed by atoms with Crippen LogP contribution in [0.3, 0.4) is 0 Å². The summed E-state index contributed by atoms with van der Waals surface area (Å²) in [4.78, 5) is 10.5. The molecule has 0 fully saturated rings. The summed E-state index contributed by atoms with van der Waals surface area (Å²) in [5, 5.41) is 0. The zero-order chi connectivity index (χ0) is 6.57. The molecule has 0 aliphatic carbocycles. The molecule has 0 bridgehead atoms. The van der Waals surface area contributed by atoms with Crippen LogP contribution < -0.4 is 18.9 Å². The van der Waals surface area contributed by atoms with Crippen LogP contribution in [-0.4, -0.2) is 12.6 Å². The van der Waals surface area contributed by atoms with Crippen molar-refractivity contribution in [2.24, 2.45) is 5.92 Å². The predicted octanol–water partition coefficient (Wildman–Crippen LogP) is -1.68. The van der Waals surface area contributed by atoms with Gasteiger partial charge >= 0.3 is 24.8 Å². The first-order valence-corrected chi connectivity index (χ1v) is 2.85. The molecule has 0 atom stereocenters. The van der Waals surface area contributed by atoms with E-state index in [1.807, 2.05) is 13.8 Å². The van der Waals surface area contributed by atoms with E-state index in [1.165, 1.54) is 0 Å². The predicted molar refractivity (Wildman–Crippen MR) is 32.6 cm³/mol. The van der Waals surface area contributed by atoms with Crippen LogP contribution in [0.2, 0.25) is 0 Å². The van der Waals surface area contributed by atoms with E-state index in [0.717, 1.165) is 0 Å². The minimum Gasteiger partial charge on any atom is -1.00 e. The Kier molecular flexibility index (Phi) is 8.13. The third-order valence-corrected chi connectivity index (χ3v) is 0.758. The van der Waals surface area contributed by atoms with Gasteiger partial charge in [0.05, 0.1) is 12.5 Å². The summed E-state index contributed by atoms with van der Waals surface area (Å²) in [5.41, 5.74) is 0. The van der Waals surface area contributed by atoms with Gasteiger partial charge in [0, 0.05) is 0 Å². The molecule has 0 aliphatic rings. The second kappa shape index (κ2) is 6.19. The fourth-order valence-corrected chi connectivity index (χ4v) is 0.309. The zero-order valence-electron chi connectivity index (χ0n) is 7.60. The molecule has 0 aromatic carbocycles. The van der Waals surface area contributed by atoms with Crippen molar-refractivity contribution in [3.63, 3.8) is 0 Å². The molecular formula is C6H13LiO2. The molecule has 0 amide bonds.